The molecule has 0 aliphatic carbocycles. The third kappa shape index (κ3) is 5.18. The maximum absolute atomic E-state index is 12.4. The highest BCUT2D eigenvalue weighted by atomic mass is 32.2. The van der Waals surface area contributed by atoms with E-state index in [0.29, 0.717) is 44.8 Å². The van der Waals surface area contributed by atoms with E-state index in [1.54, 1.807) is 26.4 Å². The number of benzene rings is 2. The topological polar surface area (TPSA) is 85.5 Å². The van der Waals surface area contributed by atoms with Crippen molar-refractivity contribution in [2.45, 2.75) is 12.3 Å². The summed E-state index contributed by atoms with van der Waals surface area (Å²) in [5, 5.41) is 3.63. The lowest BCUT2D eigenvalue weighted by atomic mass is 10.2. The molecule has 7 nitrogen and oxygen atoms in total. The fourth-order valence-corrected chi connectivity index (χ4v) is 3.51. The molecule has 0 saturated heterocycles. The summed E-state index contributed by atoms with van der Waals surface area (Å²) in [6, 6.07) is 11.1. The summed E-state index contributed by atoms with van der Waals surface area (Å²) in [7, 11) is 4.70. The van der Waals surface area contributed by atoms with E-state index in [9.17, 15) is 4.79 Å². The van der Waals surface area contributed by atoms with Crippen LogP contribution in [-0.4, -0.2) is 35.6 Å². The molecule has 0 aliphatic heterocycles. The molecule has 1 aromatic heterocycles. The number of ether oxygens (including phenoxy) is 3. The molecule has 3 aromatic rings. The zero-order valence-corrected chi connectivity index (χ0v) is 17.9. The van der Waals surface area contributed by atoms with E-state index >= 15 is 0 Å². The Hall–Kier alpha value is -2.78. The summed E-state index contributed by atoms with van der Waals surface area (Å²) in [5.41, 5.74) is 1.40. The highest BCUT2D eigenvalue weighted by Crippen LogP contribution is 2.30. The first-order valence-electron chi connectivity index (χ1n) is 8.72. The van der Waals surface area contributed by atoms with Gasteiger partial charge in [0, 0.05) is 12.6 Å². The number of aromatic nitrogens is 2. The Labute approximate surface area is 177 Å². The number of H-pyrrole nitrogens is 1. The van der Waals surface area contributed by atoms with E-state index in [-0.39, 0.29) is 5.56 Å². The van der Waals surface area contributed by atoms with Crippen LogP contribution in [0.3, 0.4) is 0 Å². The van der Waals surface area contributed by atoms with Crippen LogP contribution in [0.4, 0.5) is 0 Å². The van der Waals surface area contributed by atoms with Crippen molar-refractivity contribution < 1.29 is 14.2 Å². The van der Waals surface area contributed by atoms with Crippen LogP contribution in [0, 0.1) is 0 Å². The molecular formula is C20H21N3O4S2. The minimum atomic E-state index is -0.233. The lowest BCUT2D eigenvalue weighted by Gasteiger charge is -2.10. The van der Waals surface area contributed by atoms with Crippen LogP contribution in [0.2, 0.25) is 0 Å². The Balaban J connectivity index is 1.64. The minimum Gasteiger partial charge on any atom is -0.497 e. The summed E-state index contributed by atoms with van der Waals surface area (Å²) < 4.78 is 16.3. The molecule has 0 bridgehead atoms. The van der Waals surface area contributed by atoms with Gasteiger partial charge in [0.1, 0.15) is 15.9 Å². The monoisotopic (exact) mass is 431 g/mol. The number of methoxy groups -OCH3 is 3. The van der Waals surface area contributed by atoms with Crippen molar-refractivity contribution in [3.63, 3.8) is 0 Å². The van der Waals surface area contributed by atoms with Crippen molar-refractivity contribution in [1.29, 1.82) is 0 Å². The normalized spacial score (nSPS) is 10.6. The van der Waals surface area contributed by atoms with E-state index in [4.69, 9.17) is 26.4 Å². The van der Waals surface area contributed by atoms with Crippen molar-refractivity contribution in [3.05, 3.63) is 58.1 Å². The van der Waals surface area contributed by atoms with Crippen LogP contribution in [0.25, 0.3) is 10.9 Å². The molecule has 0 aliphatic rings. The molecule has 0 spiro atoms. The highest BCUT2D eigenvalue weighted by molar-refractivity contribution is 8.22. The van der Waals surface area contributed by atoms with Crippen LogP contribution >= 0.6 is 24.0 Å². The first-order chi connectivity index (χ1) is 14.0. The van der Waals surface area contributed by atoms with Crippen molar-refractivity contribution in [2.75, 3.05) is 21.3 Å². The maximum Gasteiger partial charge on any atom is 0.258 e. The molecule has 152 valence electrons. The lowest BCUT2D eigenvalue weighted by molar-refractivity contribution is 0.355. The summed E-state index contributed by atoms with van der Waals surface area (Å²) in [4.78, 5) is 19.7. The number of nitrogens with zero attached hydrogens (tertiary/aromatic N) is 1. The van der Waals surface area contributed by atoms with Gasteiger partial charge < -0.3 is 24.5 Å². The van der Waals surface area contributed by atoms with Gasteiger partial charge in [0.15, 0.2) is 11.5 Å². The molecular weight excluding hydrogens is 410 g/mol. The summed E-state index contributed by atoms with van der Waals surface area (Å²) in [6.07, 6.45) is 0. The number of hydrogen-bond acceptors (Lipinski definition) is 7. The zero-order chi connectivity index (χ0) is 20.8. The summed E-state index contributed by atoms with van der Waals surface area (Å²) in [5.74, 6) is 2.79. The van der Waals surface area contributed by atoms with Gasteiger partial charge in [-0.05, 0) is 23.8 Å². The van der Waals surface area contributed by atoms with Crippen molar-refractivity contribution in [3.8, 4) is 17.2 Å². The number of thioether (sulfide) groups is 1. The Bertz CT molecular complexity index is 1070. The molecule has 0 radical (unpaired) electrons. The van der Waals surface area contributed by atoms with E-state index in [0.717, 1.165) is 11.3 Å². The van der Waals surface area contributed by atoms with Gasteiger partial charge in [-0.2, -0.15) is 0 Å². The zero-order valence-electron chi connectivity index (χ0n) is 16.3. The number of thiocarbonyl (C=S) groups is 1. The number of hydrogen-bond donors (Lipinski definition) is 2. The fraction of sp³-hybridized carbons (Fsp3) is 0.250. The van der Waals surface area contributed by atoms with Gasteiger partial charge in [-0.25, -0.2) is 4.98 Å². The second kappa shape index (κ2) is 9.62. The second-order valence-electron chi connectivity index (χ2n) is 6.01. The van der Waals surface area contributed by atoms with Crippen LogP contribution in [0.5, 0.6) is 17.2 Å². The molecule has 0 unspecified atom stereocenters. The minimum absolute atomic E-state index is 0.233. The average molecular weight is 432 g/mol. The number of rotatable bonds is 7. The Morgan fingerprint density at radius 2 is 1.79 bits per heavy atom. The van der Waals surface area contributed by atoms with Crippen LogP contribution in [0.1, 0.15) is 11.4 Å². The molecule has 2 aromatic carbocycles. The van der Waals surface area contributed by atoms with Crippen LogP contribution < -0.4 is 25.1 Å². The predicted octanol–water partition coefficient (Wildman–Crippen LogP) is 3.26. The van der Waals surface area contributed by atoms with E-state index in [1.807, 2.05) is 24.3 Å². The second-order valence-corrected chi connectivity index (χ2v) is 7.67. The molecule has 0 fully saturated rings. The SMILES string of the molecule is COc1ccc(CNC(=S)SCc2nc3cc(OC)c(OC)cc3c(=O)[nH]2)cc1. The Morgan fingerprint density at radius 1 is 1.10 bits per heavy atom. The third-order valence-corrected chi connectivity index (χ3v) is 5.52. The molecule has 3 rings (SSSR count). The lowest BCUT2D eigenvalue weighted by Crippen LogP contribution is -2.18. The number of fused-ring (bicyclic) bond motifs is 1. The molecule has 0 atom stereocenters. The van der Waals surface area contributed by atoms with Gasteiger partial charge in [-0.1, -0.05) is 36.1 Å². The average Bonchev–Trinajstić information content (AvgIpc) is 2.75. The Kier molecular flexibility index (Phi) is 6.95. The molecule has 1 heterocycles. The number of aromatic amines is 1. The first-order valence-corrected chi connectivity index (χ1v) is 10.1. The van der Waals surface area contributed by atoms with E-state index < -0.39 is 0 Å². The van der Waals surface area contributed by atoms with Crippen molar-refractivity contribution in [1.82, 2.24) is 15.3 Å². The summed E-state index contributed by atoms with van der Waals surface area (Å²) >= 11 is 6.77. The van der Waals surface area contributed by atoms with Crippen molar-refractivity contribution in [2.24, 2.45) is 0 Å². The Morgan fingerprint density at radius 3 is 2.45 bits per heavy atom. The molecule has 0 amide bonds. The van der Waals surface area contributed by atoms with Gasteiger partial charge in [0.2, 0.25) is 0 Å². The standard InChI is InChI=1S/C20H21N3O4S2/c1-25-13-6-4-12(5-7-13)10-21-20(28)29-11-18-22-15-9-17(27-3)16(26-2)8-14(15)19(24)23-18/h4-9H,10-11H2,1-3H3,(H,21,28)(H,22,23,24). The quantitative estimate of drug-likeness (QED) is 0.552. The van der Waals surface area contributed by atoms with Crippen LogP contribution in [-0.2, 0) is 12.3 Å². The smallest absolute Gasteiger partial charge is 0.258 e. The predicted molar refractivity (Wildman–Crippen MR) is 119 cm³/mol. The first kappa shape index (κ1) is 20.9. The summed E-state index contributed by atoms with van der Waals surface area (Å²) in [6.45, 7) is 0.606. The molecule has 9 heteroatoms. The van der Waals surface area contributed by atoms with Gasteiger partial charge in [-0.3, -0.25) is 4.79 Å². The largest absolute Gasteiger partial charge is 0.497 e. The van der Waals surface area contributed by atoms with Crippen LogP contribution in [0.15, 0.2) is 41.2 Å². The van der Waals surface area contributed by atoms with Gasteiger partial charge in [0.05, 0.1) is 38.0 Å². The third-order valence-electron chi connectivity index (χ3n) is 4.20. The van der Waals surface area contributed by atoms with E-state index in [2.05, 4.69) is 15.3 Å². The van der Waals surface area contributed by atoms with Gasteiger partial charge in [-0.15, -0.1) is 0 Å². The van der Waals surface area contributed by atoms with E-state index in [1.165, 1.54) is 18.9 Å². The number of nitrogens with one attached hydrogen (secondary N) is 2. The van der Waals surface area contributed by atoms with Gasteiger partial charge >= 0.3 is 0 Å². The molecule has 29 heavy (non-hydrogen) atoms. The highest BCUT2D eigenvalue weighted by Gasteiger charge is 2.11. The molecule has 2 N–H and O–H groups in total. The maximum atomic E-state index is 12.4. The fourth-order valence-electron chi connectivity index (χ4n) is 2.69. The molecule has 0 saturated carbocycles. The van der Waals surface area contributed by atoms with Crippen molar-refractivity contribution >= 4 is 39.2 Å². The van der Waals surface area contributed by atoms with Gasteiger partial charge in [0.25, 0.3) is 5.56 Å².